The summed E-state index contributed by atoms with van der Waals surface area (Å²) in [7, 11) is 0. The molecule has 0 aromatic heterocycles. The van der Waals surface area contributed by atoms with Crippen molar-refractivity contribution in [2.45, 2.75) is 65.5 Å². The van der Waals surface area contributed by atoms with E-state index < -0.39 is 6.04 Å². The molecule has 4 atom stereocenters. The lowest BCUT2D eigenvalue weighted by Crippen LogP contribution is -2.46. The zero-order chi connectivity index (χ0) is 20.0. The summed E-state index contributed by atoms with van der Waals surface area (Å²) in [6.45, 7) is 11.9. The molecule has 0 saturated heterocycles. The van der Waals surface area contributed by atoms with Crippen LogP contribution in [-0.4, -0.2) is 24.0 Å². The molecule has 0 heterocycles. The fourth-order valence-corrected chi connectivity index (χ4v) is 3.81. The lowest BCUT2D eigenvalue weighted by molar-refractivity contribution is -0.159. The number of benzene rings is 1. The van der Waals surface area contributed by atoms with Crippen molar-refractivity contribution in [3.05, 3.63) is 48.0 Å². The number of esters is 1. The van der Waals surface area contributed by atoms with Crippen LogP contribution in [0.4, 0.5) is 0 Å². The van der Waals surface area contributed by atoms with E-state index >= 15 is 0 Å². The van der Waals surface area contributed by atoms with Crippen molar-refractivity contribution >= 4 is 11.9 Å². The Balaban J connectivity index is 2.13. The van der Waals surface area contributed by atoms with Gasteiger partial charge in [-0.05, 0) is 43.1 Å². The second kappa shape index (κ2) is 9.72. The molecule has 27 heavy (non-hydrogen) atoms. The number of carbonyl (C=O) groups excluding carboxylic acids is 2. The molecule has 3 unspecified atom stereocenters. The second-order valence-electron chi connectivity index (χ2n) is 8.30. The number of hydrogen-bond acceptors (Lipinski definition) is 3. The lowest BCUT2D eigenvalue weighted by Gasteiger charge is -2.37. The van der Waals surface area contributed by atoms with Crippen LogP contribution in [0.1, 0.15) is 52.5 Å². The van der Waals surface area contributed by atoms with Crippen LogP contribution < -0.4 is 5.32 Å². The zero-order valence-corrected chi connectivity index (χ0v) is 17.0. The normalized spacial score (nSPS) is 23.5. The first-order valence-corrected chi connectivity index (χ1v) is 9.98. The molecule has 1 fully saturated rings. The molecule has 1 aromatic carbocycles. The van der Waals surface area contributed by atoms with Crippen molar-refractivity contribution in [2.75, 3.05) is 0 Å². The minimum Gasteiger partial charge on any atom is -0.461 e. The molecule has 2 rings (SSSR count). The molecule has 4 heteroatoms. The van der Waals surface area contributed by atoms with Gasteiger partial charge in [0.05, 0.1) is 0 Å². The molecule has 1 saturated carbocycles. The molecule has 4 nitrogen and oxygen atoms in total. The Labute approximate surface area is 163 Å². The molecule has 148 valence electrons. The Hall–Kier alpha value is -2.10. The number of hydrogen-bond donors (Lipinski definition) is 1. The van der Waals surface area contributed by atoms with Crippen LogP contribution in [0.3, 0.4) is 0 Å². The van der Waals surface area contributed by atoms with E-state index in [1.807, 2.05) is 30.3 Å². The first-order valence-electron chi connectivity index (χ1n) is 9.98. The minimum absolute atomic E-state index is 0.0822. The maximum Gasteiger partial charge on any atom is 0.329 e. The number of amides is 1. The predicted octanol–water partition coefficient (Wildman–Crippen LogP) is 4.29. The summed E-state index contributed by atoms with van der Waals surface area (Å²) in [6, 6.07) is 8.98. The van der Waals surface area contributed by atoms with E-state index in [9.17, 15) is 9.59 Å². The monoisotopic (exact) mass is 371 g/mol. The van der Waals surface area contributed by atoms with Gasteiger partial charge < -0.3 is 10.1 Å². The molecule has 0 aliphatic heterocycles. The van der Waals surface area contributed by atoms with Crippen LogP contribution in [0, 0.1) is 17.8 Å². The fourth-order valence-electron chi connectivity index (χ4n) is 3.81. The Morgan fingerprint density at radius 2 is 1.89 bits per heavy atom. The predicted molar refractivity (Wildman–Crippen MR) is 108 cm³/mol. The van der Waals surface area contributed by atoms with Crippen LogP contribution in [0.5, 0.6) is 0 Å². The Bertz CT molecular complexity index is 653. The highest BCUT2D eigenvalue weighted by Gasteiger charge is 2.35. The smallest absolute Gasteiger partial charge is 0.329 e. The molecule has 1 aromatic rings. The van der Waals surface area contributed by atoms with Gasteiger partial charge in [-0.15, -0.1) is 0 Å². The van der Waals surface area contributed by atoms with E-state index in [1.54, 1.807) is 6.92 Å². The maximum atomic E-state index is 13.0. The van der Waals surface area contributed by atoms with Crippen LogP contribution >= 0.6 is 0 Å². The standard InChI is InChI=1S/C23H33NO3/c1-15(2)19-12-11-17(5)13-21(19)27-23(26)20(24-22(25)16(3)4)14-18-9-7-6-8-10-18/h6-10,15,17,19-21H,3,11-14H2,1-2,4-5H3,(H,24,25)/t17?,19?,20-,21?/m0/s1. The first-order chi connectivity index (χ1) is 12.8. The number of ether oxygens (including phenoxy) is 1. The van der Waals surface area contributed by atoms with Gasteiger partial charge in [0.2, 0.25) is 5.91 Å². The summed E-state index contributed by atoms with van der Waals surface area (Å²) < 4.78 is 5.97. The van der Waals surface area contributed by atoms with Gasteiger partial charge in [-0.25, -0.2) is 4.79 Å². The Kier molecular flexibility index (Phi) is 7.64. The van der Waals surface area contributed by atoms with Crippen molar-refractivity contribution < 1.29 is 14.3 Å². The first kappa shape index (κ1) is 21.2. The van der Waals surface area contributed by atoms with Gasteiger partial charge >= 0.3 is 5.97 Å². The lowest BCUT2D eigenvalue weighted by atomic mass is 9.75. The van der Waals surface area contributed by atoms with E-state index in [0.717, 1.165) is 18.4 Å². The third-order valence-electron chi connectivity index (χ3n) is 5.49. The SMILES string of the molecule is C=C(C)C(=O)N[C@@H](Cc1ccccc1)C(=O)OC1CC(C)CCC1C(C)C. The molecule has 0 bridgehead atoms. The summed E-state index contributed by atoms with van der Waals surface area (Å²) in [5.74, 6) is 0.728. The van der Waals surface area contributed by atoms with E-state index in [2.05, 4.69) is 32.7 Å². The highest BCUT2D eigenvalue weighted by Crippen LogP contribution is 2.35. The van der Waals surface area contributed by atoms with Gasteiger partial charge in [0.15, 0.2) is 0 Å². The van der Waals surface area contributed by atoms with Gasteiger partial charge in [-0.2, -0.15) is 0 Å². The number of rotatable bonds is 7. The Morgan fingerprint density at radius 3 is 2.48 bits per heavy atom. The van der Waals surface area contributed by atoms with Crippen LogP contribution in [0.2, 0.25) is 0 Å². The number of nitrogens with one attached hydrogen (secondary N) is 1. The molecule has 0 spiro atoms. The minimum atomic E-state index is -0.707. The summed E-state index contributed by atoms with van der Waals surface area (Å²) in [5, 5.41) is 2.80. The molecule has 0 radical (unpaired) electrons. The summed E-state index contributed by atoms with van der Waals surface area (Å²) in [6.07, 6.45) is 3.48. The number of carbonyl (C=O) groups is 2. The summed E-state index contributed by atoms with van der Waals surface area (Å²) >= 11 is 0. The summed E-state index contributed by atoms with van der Waals surface area (Å²) in [5.41, 5.74) is 1.37. The van der Waals surface area contributed by atoms with Gasteiger partial charge in [0.1, 0.15) is 12.1 Å². The third-order valence-corrected chi connectivity index (χ3v) is 5.49. The molecule has 1 aliphatic rings. The van der Waals surface area contributed by atoms with Crippen molar-refractivity contribution in [3.8, 4) is 0 Å². The van der Waals surface area contributed by atoms with Crippen LogP contribution in [0.15, 0.2) is 42.5 Å². The molecular formula is C23H33NO3. The molecule has 1 aliphatic carbocycles. The summed E-state index contributed by atoms with van der Waals surface area (Å²) in [4.78, 5) is 25.1. The van der Waals surface area contributed by atoms with Gasteiger partial charge in [0, 0.05) is 12.0 Å². The van der Waals surface area contributed by atoms with E-state index in [4.69, 9.17) is 4.74 Å². The molecular weight excluding hydrogens is 338 g/mol. The topological polar surface area (TPSA) is 55.4 Å². The van der Waals surface area contributed by atoms with Gasteiger partial charge in [0.25, 0.3) is 0 Å². The second-order valence-corrected chi connectivity index (χ2v) is 8.30. The largest absolute Gasteiger partial charge is 0.461 e. The highest BCUT2D eigenvalue weighted by molar-refractivity contribution is 5.95. The molecule has 1 N–H and O–H groups in total. The van der Waals surface area contributed by atoms with Gasteiger partial charge in [-0.1, -0.05) is 64.1 Å². The van der Waals surface area contributed by atoms with Crippen molar-refractivity contribution in [1.82, 2.24) is 5.32 Å². The van der Waals surface area contributed by atoms with E-state index in [-0.39, 0.29) is 18.0 Å². The Morgan fingerprint density at radius 1 is 1.22 bits per heavy atom. The van der Waals surface area contributed by atoms with Crippen LogP contribution in [-0.2, 0) is 20.7 Å². The third kappa shape index (κ3) is 6.23. The van der Waals surface area contributed by atoms with Crippen molar-refractivity contribution in [2.24, 2.45) is 17.8 Å². The van der Waals surface area contributed by atoms with Crippen molar-refractivity contribution in [3.63, 3.8) is 0 Å². The fraction of sp³-hybridized carbons (Fsp3) is 0.565. The van der Waals surface area contributed by atoms with E-state index in [0.29, 0.717) is 29.7 Å². The highest BCUT2D eigenvalue weighted by atomic mass is 16.5. The van der Waals surface area contributed by atoms with Crippen molar-refractivity contribution in [1.29, 1.82) is 0 Å². The maximum absolute atomic E-state index is 13.0. The average Bonchev–Trinajstić information content (AvgIpc) is 2.61. The van der Waals surface area contributed by atoms with Crippen LogP contribution in [0.25, 0.3) is 0 Å². The van der Waals surface area contributed by atoms with Gasteiger partial charge in [-0.3, -0.25) is 4.79 Å². The quantitative estimate of drug-likeness (QED) is 0.574. The molecule has 1 amide bonds. The zero-order valence-electron chi connectivity index (χ0n) is 17.0. The van der Waals surface area contributed by atoms with E-state index in [1.165, 1.54) is 6.42 Å². The average molecular weight is 372 g/mol.